The van der Waals surface area contributed by atoms with E-state index in [2.05, 4.69) is 227 Å². The molecule has 0 spiro atoms. The predicted molar refractivity (Wildman–Crippen MR) is 270 cm³/mol. The van der Waals surface area contributed by atoms with E-state index < -0.39 is 0 Å². The lowest BCUT2D eigenvalue weighted by Crippen LogP contribution is -2.19. The van der Waals surface area contributed by atoms with Crippen molar-refractivity contribution < 1.29 is 0 Å². The van der Waals surface area contributed by atoms with Crippen LogP contribution < -0.4 is 9.80 Å². The van der Waals surface area contributed by atoms with Gasteiger partial charge >= 0.3 is 0 Å². The molecule has 62 heavy (non-hydrogen) atoms. The minimum atomic E-state index is 0.0583. The molecule has 0 atom stereocenters. The van der Waals surface area contributed by atoms with Gasteiger partial charge in [-0.1, -0.05) is 159 Å². The Kier molecular flexibility index (Phi) is 10.9. The number of aryl methyl sites for hydroxylation is 3. The van der Waals surface area contributed by atoms with Crippen LogP contribution in [0.4, 0.5) is 34.1 Å². The third kappa shape index (κ3) is 7.78. The van der Waals surface area contributed by atoms with Crippen molar-refractivity contribution >= 4 is 40.2 Å². The van der Waals surface area contributed by atoms with Crippen molar-refractivity contribution in [2.45, 2.75) is 118 Å². The van der Waals surface area contributed by atoms with Crippen molar-refractivity contribution in [2.24, 2.45) is 0 Å². The summed E-state index contributed by atoms with van der Waals surface area (Å²) < 4.78 is 0. The van der Waals surface area contributed by atoms with E-state index >= 15 is 0 Å². The average molecular weight is 815 g/mol. The van der Waals surface area contributed by atoms with Gasteiger partial charge in [-0.3, -0.25) is 0 Å². The van der Waals surface area contributed by atoms with Crippen LogP contribution in [-0.4, -0.2) is 0 Å². The highest BCUT2D eigenvalue weighted by Gasteiger charge is 2.44. The number of nitrogens with zero attached hydrogens (tertiary/aromatic N) is 2. The van der Waals surface area contributed by atoms with Gasteiger partial charge in [0.1, 0.15) is 0 Å². The summed E-state index contributed by atoms with van der Waals surface area (Å²) in [4.78, 5) is 5.10. The van der Waals surface area contributed by atoms with Gasteiger partial charge in [0.05, 0.1) is 11.4 Å². The maximum Gasteiger partial charge on any atom is 0.0514 e. The second-order valence-corrected chi connectivity index (χ2v) is 20.8. The molecule has 2 aliphatic rings. The predicted octanol–water partition coefficient (Wildman–Crippen LogP) is 17.2. The van der Waals surface area contributed by atoms with E-state index in [0.717, 1.165) is 35.5 Å². The molecule has 0 heterocycles. The number of rotatable bonds is 10. The minimum absolute atomic E-state index is 0.0583. The molecule has 0 saturated carbocycles. The molecule has 0 aromatic heterocycles. The van der Waals surface area contributed by atoms with Crippen LogP contribution >= 0.6 is 0 Å². The standard InChI is InChI=1S/C60H66N2/c1-14-15-16-18-22-44-28-27-41(3)53(34-44)61(47-26-21-25-46(35-47)45-23-19-17-20-24-45)55-31-40(2)32-56(43(55)5)62(48-29-30-49-51(36-48)59(10,11)38-57(49,6)7)54-37-52-50(33-42(54)4)58(8,9)39-60(52,12)13/h14-37H,1,38-39H2,2-13H3/b16-15-,22-18?. The first-order valence-electron chi connectivity index (χ1n) is 22.6. The van der Waals surface area contributed by atoms with Gasteiger partial charge < -0.3 is 9.80 Å². The molecule has 6 aromatic carbocycles. The average Bonchev–Trinajstić information content (AvgIpc) is 3.53. The monoisotopic (exact) mass is 815 g/mol. The van der Waals surface area contributed by atoms with Crippen LogP contribution in [0, 0.1) is 27.7 Å². The zero-order valence-electron chi connectivity index (χ0n) is 39.4. The first-order valence-corrected chi connectivity index (χ1v) is 22.6. The Balaban J connectivity index is 1.41. The molecule has 316 valence electrons. The Morgan fingerprint density at radius 3 is 1.66 bits per heavy atom. The Bertz CT molecular complexity index is 2750. The number of hydrogen-bond acceptors (Lipinski definition) is 2. The normalized spacial score (nSPS) is 16.7. The maximum atomic E-state index is 3.85. The summed E-state index contributed by atoms with van der Waals surface area (Å²) in [6.45, 7) is 32.4. The molecule has 8 rings (SSSR count). The molecule has 0 radical (unpaired) electrons. The molecule has 0 N–H and O–H groups in total. The van der Waals surface area contributed by atoms with Crippen molar-refractivity contribution in [1.82, 2.24) is 0 Å². The molecule has 2 heteroatoms. The largest absolute Gasteiger partial charge is 0.310 e. The van der Waals surface area contributed by atoms with Gasteiger partial charge in [0, 0.05) is 22.7 Å². The fourth-order valence-electron chi connectivity index (χ4n) is 11.3. The van der Waals surface area contributed by atoms with Gasteiger partial charge in [-0.25, -0.2) is 0 Å². The third-order valence-corrected chi connectivity index (χ3v) is 13.8. The highest BCUT2D eigenvalue weighted by Crippen LogP contribution is 2.55. The van der Waals surface area contributed by atoms with E-state index in [1.54, 1.807) is 0 Å². The molecule has 6 aromatic rings. The number of anilines is 6. The van der Waals surface area contributed by atoms with E-state index in [9.17, 15) is 0 Å². The van der Waals surface area contributed by atoms with E-state index in [-0.39, 0.29) is 21.7 Å². The first kappa shape index (κ1) is 42.8. The summed E-state index contributed by atoms with van der Waals surface area (Å²) >= 11 is 0. The van der Waals surface area contributed by atoms with Crippen LogP contribution in [0.1, 0.15) is 118 Å². The fourth-order valence-corrected chi connectivity index (χ4v) is 11.3. The molecule has 0 fully saturated rings. The molecule has 0 saturated heterocycles. The van der Waals surface area contributed by atoms with Crippen molar-refractivity contribution in [3.8, 4) is 11.1 Å². The van der Waals surface area contributed by atoms with Gasteiger partial charge in [0.25, 0.3) is 0 Å². The van der Waals surface area contributed by atoms with Gasteiger partial charge in [0.2, 0.25) is 0 Å². The SMILES string of the molecule is C=C/C=C\C=Cc1ccc(C)c(N(c2cccc(-c3ccccc3)c2)c2cc(C)cc(N(c3ccc4c(c3)C(C)(C)CC4(C)C)c3cc4c(cc3C)C(C)(C)CC4(C)C)c2C)c1. The minimum Gasteiger partial charge on any atom is -0.310 e. The van der Waals surface area contributed by atoms with Crippen molar-refractivity contribution in [3.63, 3.8) is 0 Å². The third-order valence-electron chi connectivity index (χ3n) is 13.8. The van der Waals surface area contributed by atoms with Gasteiger partial charge in [0.15, 0.2) is 0 Å². The zero-order chi connectivity index (χ0) is 44.4. The maximum absolute atomic E-state index is 3.85. The van der Waals surface area contributed by atoms with Crippen LogP contribution in [0.3, 0.4) is 0 Å². The van der Waals surface area contributed by atoms with E-state index in [1.807, 2.05) is 18.2 Å². The quantitative estimate of drug-likeness (QED) is 0.127. The molecular formula is C60H66N2. The number of fused-ring (bicyclic) bond motifs is 2. The summed E-state index contributed by atoms with van der Waals surface area (Å²) in [7, 11) is 0. The van der Waals surface area contributed by atoms with Gasteiger partial charge in [-0.2, -0.15) is 0 Å². The van der Waals surface area contributed by atoms with Crippen molar-refractivity contribution in [2.75, 3.05) is 9.80 Å². The van der Waals surface area contributed by atoms with E-state index in [0.29, 0.717) is 0 Å². The first-order chi connectivity index (χ1) is 29.3. The molecule has 2 nitrogen and oxygen atoms in total. The second kappa shape index (κ2) is 15.8. The topological polar surface area (TPSA) is 6.48 Å². The van der Waals surface area contributed by atoms with E-state index in [4.69, 9.17) is 0 Å². The van der Waals surface area contributed by atoms with Crippen LogP contribution in [-0.2, 0) is 21.7 Å². The van der Waals surface area contributed by atoms with Crippen LogP contribution in [0.2, 0.25) is 0 Å². The summed E-state index contributed by atoms with van der Waals surface area (Å²) in [5, 5.41) is 0. The van der Waals surface area contributed by atoms with Crippen molar-refractivity contribution in [1.29, 1.82) is 0 Å². The van der Waals surface area contributed by atoms with Gasteiger partial charge in [-0.05, 0) is 172 Å². The number of hydrogen-bond donors (Lipinski definition) is 0. The Labute approximate surface area is 373 Å². The molecule has 0 unspecified atom stereocenters. The lowest BCUT2D eigenvalue weighted by Gasteiger charge is -2.35. The Hall–Kier alpha value is -5.86. The second-order valence-electron chi connectivity index (χ2n) is 20.8. The summed E-state index contributed by atoms with van der Waals surface area (Å²) in [5.41, 5.74) is 21.7. The lowest BCUT2D eigenvalue weighted by molar-refractivity contribution is 0.403. The number of benzene rings is 6. The summed E-state index contributed by atoms with van der Waals surface area (Å²) in [6.07, 6.45) is 12.3. The van der Waals surface area contributed by atoms with Crippen LogP contribution in [0.25, 0.3) is 17.2 Å². The smallest absolute Gasteiger partial charge is 0.0514 e. The highest BCUT2D eigenvalue weighted by atomic mass is 15.2. The molecule has 0 bridgehead atoms. The van der Waals surface area contributed by atoms with Gasteiger partial charge in [-0.15, -0.1) is 0 Å². The molecular weight excluding hydrogens is 749 g/mol. The highest BCUT2D eigenvalue weighted by molar-refractivity contribution is 5.90. The summed E-state index contributed by atoms with van der Waals surface area (Å²) in [6, 6.07) is 43.8. The van der Waals surface area contributed by atoms with Crippen LogP contribution in [0.5, 0.6) is 0 Å². The molecule has 2 aliphatic carbocycles. The molecule has 0 amide bonds. The lowest BCUT2D eigenvalue weighted by atomic mass is 9.82. The Morgan fingerprint density at radius 1 is 0.452 bits per heavy atom. The fraction of sp³-hybridized carbons (Fsp3) is 0.300. The Morgan fingerprint density at radius 2 is 1.02 bits per heavy atom. The van der Waals surface area contributed by atoms with E-state index in [1.165, 1.54) is 72.7 Å². The number of allylic oxidation sites excluding steroid dienone is 4. The molecule has 0 aliphatic heterocycles. The summed E-state index contributed by atoms with van der Waals surface area (Å²) in [5.74, 6) is 0. The van der Waals surface area contributed by atoms with Crippen LogP contribution in [0.15, 0.2) is 146 Å². The van der Waals surface area contributed by atoms with Crippen molar-refractivity contribution in [3.05, 3.63) is 196 Å². The zero-order valence-corrected chi connectivity index (χ0v) is 39.4.